The number of carbonyl (C=O) groups is 2. The lowest BCUT2D eigenvalue weighted by Gasteiger charge is -2.39. The molecule has 0 amide bonds. The first kappa shape index (κ1) is 65.9. The first-order valence-corrected chi connectivity index (χ1v) is 26.9. The molecule has 2 fully saturated rings. The van der Waals surface area contributed by atoms with Crippen LogP contribution in [-0.2, 0) is 40.3 Å². The molecule has 2 aliphatic rings. The topological polar surface area (TPSA) is 247 Å². The van der Waals surface area contributed by atoms with Gasteiger partial charge in [-0.1, -0.05) is 152 Å². The summed E-state index contributed by atoms with van der Waals surface area (Å²) in [7, 11) is -3.74. The van der Waals surface area contributed by atoms with E-state index < -0.39 is 83.1 Å². The molecule has 68 heavy (non-hydrogen) atoms. The van der Waals surface area contributed by atoms with Crippen LogP contribution >= 0.6 is 0 Å². The molecule has 1 aromatic carbocycles. The van der Waals surface area contributed by atoms with Gasteiger partial charge in [0.2, 0.25) is 6.29 Å². The van der Waals surface area contributed by atoms with Crippen molar-refractivity contribution in [2.45, 2.75) is 247 Å². The van der Waals surface area contributed by atoms with Gasteiger partial charge in [-0.2, -0.15) is 8.42 Å². The predicted molar refractivity (Wildman–Crippen MR) is 267 cm³/mol. The second-order valence-corrected chi connectivity index (χ2v) is 22.6. The Bertz CT molecular complexity index is 1560. The summed E-state index contributed by atoms with van der Waals surface area (Å²) < 4.78 is 50.8. The summed E-state index contributed by atoms with van der Waals surface area (Å²) >= 11 is 0. The molecule has 3 rings (SSSR count). The molecule has 0 bridgehead atoms. The molecule has 10 unspecified atom stereocenters. The SMILES string of the molecule is CC(=O)C1OC(OCCCCCCC(C)C)C(O)C(O)C1O.CC(=O)C1OC(Oc2ccc(CCCCC(C)C)cc2)C(O)C(O)C1O.CC(C)(C)CCCCCS(=O)(=O)O.CCCCC(C)C. The van der Waals surface area contributed by atoms with Gasteiger partial charge in [0.25, 0.3) is 10.1 Å². The van der Waals surface area contributed by atoms with Gasteiger partial charge in [-0.25, -0.2) is 0 Å². The highest BCUT2D eigenvalue weighted by Gasteiger charge is 2.47. The van der Waals surface area contributed by atoms with Crippen molar-refractivity contribution < 1.29 is 72.1 Å². The number of rotatable bonds is 25. The summed E-state index contributed by atoms with van der Waals surface area (Å²) in [5.41, 5.74) is 1.52. The number of aliphatic hydroxyl groups excluding tert-OH is 6. The molecule has 0 spiro atoms. The summed E-state index contributed by atoms with van der Waals surface area (Å²) in [6.45, 7) is 25.0. The van der Waals surface area contributed by atoms with Gasteiger partial charge >= 0.3 is 0 Å². The third-order valence-electron chi connectivity index (χ3n) is 11.5. The normalized spacial score (nSPS) is 25.1. The summed E-state index contributed by atoms with van der Waals surface area (Å²) in [6.07, 6.45) is 4.30. The second-order valence-electron chi connectivity index (χ2n) is 21.1. The van der Waals surface area contributed by atoms with Crippen LogP contribution in [0.3, 0.4) is 0 Å². The van der Waals surface area contributed by atoms with E-state index in [1.54, 1.807) is 12.1 Å². The molecule has 2 saturated heterocycles. The number of hydrogen-bond acceptors (Lipinski definition) is 14. The highest BCUT2D eigenvalue weighted by molar-refractivity contribution is 7.85. The van der Waals surface area contributed by atoms with Gasteiger partial charge in [0.05, 0.1) is 5.75 Å². The highest BCUT2D eigenvalue weighted by atomic mass is 32.2. The summed E-state index contributed by atoms with van der Waals surface area (Å²) in [6, 6.07) is 7.45. The zero-order chi connectivity index (χ0) is 52.2. The quantitative estimate of drug-likeness (QED) is 0.0361. The fourth-order valence-corrected chi connectivity index (χ4v) is 7.86. The smallest absolute Gasteiger partial charge is 0.264 e. The van der Waals surface area contributed by atoms with E-state index in [4.69, 9.17) is 23.5 Å². The summed E-state index contributed by atoms with van der Waals surface area (Å²) in [5, 5.41) is 59.1. The number of carbonyl (C=O) groups excluding carboxylic acids is 2. The maximum absolute atomic E-state index is 11.5. The first-order chi connectivity index (χ1) is 31.6. The van der Waals surface area contributed by atoms with Crippen LogP contribution in [0.25, 0.3) is 0 Å². The van der Waals surface area contributed by atoms with Crippen LogP contribution in [0.15, 0.2) is 24.3 Å². The van der Waals surface area contributed by atoms with Crippen LogP contribution in [0.5, 0.6) is 5.75 Å². The van der Waals surface area contributed by atoms with Gasteiger partial charge in [-0.3, -0.25) is 14.1 Å². The van der Waals surface area contributed by atoms with Gasteiger partial charge in [0, 0.05) is 6.61 Å². The van der Waals surface area contributed by atoms with Crippen molar-refractivity contribution in [1.82, 2.24) is 0 Å². The van der Waals surface area contributed by atoms with E-state index in [9.17, 15) is 48.6 Å². The number of hydrogen-bond donors (Lipinski definition) is 7. The Balaban J connectivity index is 0.000000963. The van der Waals surface area contributed by atoms with E-state index in [-0.39, 0.29) is 5.75 Å². The van der Waals surface area contributed by atoms with Crippen molar-refractivity contribution >= 4 is 21.7 Å². The van der Waals surface area contributed by atoms with Crippen LogP contribution in [0.2, 0.25) is 0 Å². The minimum atomic E-state index is -3.74. The van der Waals surface area contributed by atoms with E-state index in [1.807, 2.05) is 12.1 Å². The lowest BCUT2D eigenvalue weighted by Crippen LogP contribution is -2.60. The zero-order valence-corrected chi connectivity index (χ0v) is 44.7. The van der Waals surface area contributed by atoms with E-state index in [1.165, 1.54) is 64.4 Å². The third kappa shape index (κ3) is 30.6. The molecule has 10 atom stereocenters. The Morgan fingerprint density at radius 1 is 0.603 bits per heavy atom. The van der Waals surface area contributed by atoms with Crippen molar-refractivity contribution in [1.29, 1.82) is 0 Å². The number of benzene rings is 1. The molecule has 2 aliphatic heterocycles. The number of aliphatic hydroxyl groups is 6. The first-order valence-electron chi connectivity index (χ1n) is 25.3. The second kappa shape index (κ2) is 35.1. The van der Waals surface area contributed by atoms with Crippen LogP contribution in [0.1, 0.15) is 185 Å². The number of ketones is 2. The summed E-state index contributed by atoms with van der Waals surface area (Å²) in [4.78, 5) is 22.9. The van der Waals surface area contributed by atoms with Crippen molar-refractivity contribution in [2.75, 3.05) is 12.4 Å². The molecule has 7 N–H and O–H groups in total. The number of Topliss-reactive ketones (excluding diaryl/α,β-unsaturated/α-hetero) is 2. The maximum Gasteiger partial charge on any atom is 0.264 e. The van der Waals surface area contributed by atoms with Crippen molar-refractivity contribution in [2.24, 2.45) is 23.2 Å². The minimum absolute atomic E-state index is 0.100. The van der Waals surface area contributed by atoms with E-state index >= 15 is 0 Å². The molecule has 2 heterocycles. The molecule has 0 aromatic heterocycles. The number of unbranched alkanes of at least 4 members (excludes halogenated alkanes) is 7. The molecular formula is C52H96O15S. The molecule has 1 aromatic rings. The zero-order valence-electron chi connectivity index (χ0n) is 43.8. The average Bonchev–Trinajstić information content (AvgIpc) is 3.24. The van der Waals surface area contributed by atoms with E-state index in [0.717, 1.165) is 69.1 Å². The monoisotopic (exact) mass is 993 g/mol. The van der Waals surface area contributed by atoms with E-state index in [0.29, 0.717) is 24.2 Å². The van der Waals surface area contributed by atoms with Crippen LogP contribution in [0.4, 0.5) is 0 Å². The lowest BCUT2D eigenvalue weighted by atomic mass is 9.90. The number of aryl methyl sites for hydroxylation is 1. The molecule has 0 radical (unpaired) electrons. The summed E-state index contributed by atoms with van der Waals surface area (Å²) in [5.74, 6) is 1.87. The number of ether oxygens (including phenoxy) is 4. The molecule has 16 heteroatoms. The van der Waals surface area contributed by atoms with Crippen LogP contribution < -0.4 is 4.74 Å². The predicted octanol–water partition coefficient (Wildman–Crippen LogP) is 8.15. The minimum Gasteiger partial charge on any atom is -0.462 e. The van der Waals surface area contributed by atoms with Crippen molar-refractivity contribution in [3.05, 3.63) is 29.8 Å². The molecule has 0 aliphatic carbocycles. The van der Waals surface area contributed by atoms with Gasteiger partial charge in [0.1, 0.15) is 54.6 Å². The van der Waals surface area contributed by atoms with Gasteiger partial charge in [-0.05, 0) is 86.8 Å². The van der Waals surface area contributed by atoms with E-state index in [2.05, 4.69) is 69.2 Å². The van der Waals surface area contributed by atoms with Crippen molar-refractivity contribution in [3.63, 3.8) is 0 Å². The van der Waals surface area contributed by atoms with Crippen LogP contribution in [-0.4, -0.2) is 129 Å². The molecule has 15 nitrogen and oxygen atoms in total. The fourth-order valence-electron chi connectivity index (χ4n) is 7.29. The molecule has 400 valence electrons. The Hall–Kier alpha value is -2.09. The van der Waals surface area contributed by atoms with Gasteiger partial charge in [0.15, 0.2) is 17.9 Å². The van der Waals surface area contributed by atoms with Crippen molar-refractivity contribution in [3.8, 4) is 5.75 Å². The molecular weight excluding hydrogens is 897 g/mol. The standard InChI is InChI=1S/C20H30O6.C16H30O6.C9H20O3S.C7H16/c1-12(2)6-4-5-7-14-8-10-15(11-9-14)25-20-18(24)16(22)17(23)19(26-20)13(3)21;1-10(2)8-6-4-5-7-9-21-16-14(20)12(18)13(19)15(22-16)11(3)17;1-9(2,3)7-5-4-6-8-13(10,11)12;1-4-5-6-7(2)3/h8-12,16-20,22-24H,4-7H2,1-3H3;10,12-16,18-20H,4-9H2,1-3H3;4-8H2,1-3H3,(H,10,11,12);7H,4-6H2,1-3H3. The maximum atomic E-state index is 11.5. The fraction of sp³-hybridized carbons (Fsp3) is 0.846. The largest absolute Gasteiger partial charge is 0.462 e. The third-order valence-corrected chi connectivity index (χ3v) is 12.3. The van der Waals surface area contributed by atoms with Gasteiger partial charge in [-0.15, -0.1) is 0 Å². The highest BCUT2D eigenvalue weighted by Crippen LogP contribution is 2.27. The Kier molecular flexibility index (Phi) is 34.0. The Morgan fingerprint density at radius 2 is 1.04 bits per heavy atom. The van der Waals surface area contributed by atoms with Gasteiger partial charge < -0.3 is 49.6 Å². The lowest BCUT2D eigenvalue weighted by molar-refractivity contribution is -0.290. The van der Waals surface area contributed by atoms with Crippen LogP contribution in [0, 0.1) is 23.2 Å². The Labute approximate surface area is 410 Å². The average molecular weight is 993 g/mol. The molecule has 0 saturated carbocycles. The Morgan fingerprint density at radius 3 is 1.49 bits per heavy atom.